The molecule has 21 nitrogen and oxygen atoms in total. The summed E-state index contributed by atoms with van der Waals surface area (Å²) in [6.45, 7) is 15.1. The van der Waals surface area contributed by atoms with Gasteiger partial charge in [-0.25, -0.2) is 55.9 Å². The van der Waals surface area contributed by atoms with E-state index in [0.717, 1.165) is 55.9 Å². The summed E-state index contributed by atoms with van der Waals surface area (Å²) in [5.74, 6) is 0. The number of aliphatic hydroxyl groups excluding tert-OH is 1. The summed E-state index contributed by atoms with van der Waals surface area (Å²) in [6, 6.07) is 11.5. The van der Waals surface area contributed by atoms with E-state index in [1.165, 1.54) is 0 Å². The zero-order valence-corrected chi connectivity index (χ0v) is 32.4. The molecular formula is C27H44Cl3CuN8O13. The standard InChI is InChI=1S/C26H38N8.CH4O.3ClHO4.Cu/c1-21(33-31-19-23-11-7-9-13-27-23)17-25(3,4)29-15-16-30-26(5,6)18-22(2)34-32-20-24-12-8-10-14-28-24;1-2;3*2-1(3,4)5;/h7-14,19-20,29-30H,15-18H2,1-6H3;2H,1H3;3*(H,2,3,4,5);/q;;;;;+1/p-1/b31-19+,32-20+,33-21+,34-22+;;;;;. The van der Waals surface area contributed by atoms with Crippen molar-refractivity contribution in [3.05, 3.63) is 60.2 Å². The second-order valence-corrected chi connectivity index (χ2v) is 13.4. The van der Waals surface area contributed by atoms with Gasteiger partial charge in [-0.05, 0) is 65.8 Å². The van der Waals surface area contributed by atoms with Crippen LogP contribution in [0.1, 0.15) is 65.8 Å². The molecule has 0 fully saturated rings. The minimum absolute atomic E-state index is 0. The molecule has 0 saturated carbocycles. The molecule has 0 aliphatic rings. The molecule has 0 bridgehead atoms. The van der Waals surface area contributed by atoms with Crippen LogP contribution in [0, 0.1) is 30.7 Å². The predicted octanol–water partition coefficient (Wildman–Crippen LogP) is -12.4. The summed E-state index contributed by atoms with van der Waals surface area (Å²) >= 11 is 0. The molecule has 0 saturated heterocycles. The van der Waals surface area contributed by atoms with Crippen molar-refractivity contribution >= 4 is 23.9 Å². The number of hydrogen-bond donors (Lipinski definition) is 3. The number of halogens is 3. The molecule has 2 rings (SSSR count). The van der Waals surface area contributed by atoms with Gasteiger partial charge in [0.25, 0.3) is 0 Å². The molecule has 25 heteroatoms. The Morgan fingerprint density at radius 3 is 1.12 bits per heavy atom. The van der Waals surface area contributed by atoms with Crippen LogP contribution in [0.2, 0.25) is 0 Å². The fourth-order valence-corrected chi connectivity index (χ4v) is 3.76. The first-order valence-corrected chi connectivity index (χ1v) is 17.8. The number of nitrogens with zero attached hydrogens (tertiary/aromatic N) is 6. The smallest absolute Gasteiger partial charge is 0.400 e. The van der Waals surface area contributed by atoms with Crippen LogP contribution in [0.3, 0.4) is 0 Å². The van der Waals surface area contributed by atoms with Crippen LogP contribution in [0.4, 0.5) is 0 Å². The minimum Gasteiger partial charge on any atom is -0.400 e. The summed E-state index contributed by atoms with van der Waals surface area (Å²) in [6.07, 6.45) is 8.62. The third-order valence-corrected chi connectivity index (χ3v) is 5.20. The van der Waals surface area contributed by atoms with Gasteiger partial charge in [-0.1, -0.05) is 12.1 Å². The van der Waals surface area contributed by atoms with Gasteiger partial charge in [0.2, 0.25) is 0 Å². The number of nitrogens with two attached hydrogens (primary N) is 2. The van der Waals surface area contributed by atoms with Crippen LogP contribution < -0.4 is 66.5 Å². The maximum atomic E-state index is 8.49. The van der Waals surface area contributed by atoms with Crippen molar-refractivity contribution in [1.82, 2.24) is 9.97 Å². The van der Waals surface area contributed by atoms with Gasteiger partial charge in [-0.15, -0.1) is 30.7 Å². The average Bonchev–Trinajstić information content (AvgIpc) is 2.94. The molecule has 302 valence electrons. The Morgan fingerprint density at radius 2 is 0.885 bits per heavy atom. The normalized spacial score (nSPS) is 12.6. The van der Waals surface area contributed by atoms with Crippen LogP contribution in [0.5, 0.6) is 0 Å². The molecule has 0 aliphatic carbocycles. The van der Waals surface area contributed by atoms with Crippen molar-refractivity contribution in [2.24, 2.45) is 20.4 Å². The molecule has 2 heterocycles. The van der Waals surface area contributed by atoms with Crippen molar-refractivity contribution in [2.45, 2.75) is 65.5 Å². The van der Waals surface area contributed by atoms with Gasteiger partial charge in [-0.3, -0.25) is 9.97 Å². The second-order valence-electron chi connectivity index (χ2n) is 11.1. The van der Waals surface area contributed by atoms with Crippen LogP contribution in [-0.2, 0) is 17.1 Å². The Labute approximate surface area is 318 Å². The van der Waals surface area contributed by atoms with Crippen molar-refractivity contribution in [2.75, 3.05) is 20.2 Å². The number of aromatic nitrogens is 2. The zero-order valence-electron chi connectivity index (χ0n) is 29.2. The largest absolute Gasteiger partial charge is 1.00 e. The van der Waals surface area contributed by atoms with Crippen LogP contribution in [0.15, 0.2) is 69.2 Å². The fourth-order valence-electron chi connectivity index (χ4n) is 3.76. The Hall–Kier alpha value is -2.23. The SMILES string of the molecule is C/C(CC(C)(C)[NH2+]CC[NH2+]C(C)(C)C/C(C)=N/N=C/c1ccccn1)=N\N=C\c1ccccn1.CO.[Cu+].[O-][Cl+3]([O-])([O-])[O-].[O-][Cl+3]([O-])([O-])[O-].[O-][Cl+3]([O-])([O-])[O-]. The van der Waals surface area contributed by atoms with Gasteiger partial charge >= 0.3 is 17.1 Å². The molecule has 0 spiro atoms. The molecule has 52 heavy (non-hydrogen) atoms. The summed E-state index contributed by atoms with van der Waals surface area (Å²) in [4.78, 5) is 8.44. The first kappa shape index (κ1) is 56.5. The third kappa shape index (κ3) is 52.1. The van der Waals surface area contributed by atoms with E-state index in [0.29, 0.717) is 0 Å². The van der Waals surface area contributed by atoms with Crippen molar-refractivity contribution in [1.29, 1.82) is 0 Å². The van der Waals surface area contributed by atoms with Gasteiger partial charge < -0.3 is 15.7 Å². The maximum absolute atomic E-state index is 8.49. The van der Waals surface area contributed by atoms with E-state index in [2.05, 4.69) is 68.7 Å². The molecule has 2 aromatic rings. The Kier molecular flexibility index (Phi) is 31.7. The monoisotopic (exact) mass is 856 g/mol. The van der Waals surface area contributed by atoms with E-state index in [-0.39, 0.29) is 28.1 Å². The number of pyridine rings is 2. The Bertz CT molecular complexity index is 1170. The number of aliphatic hydroxyl groups is 1. The summed E-state index contributed by atoms with van der Waals surface area (Å²) in [7, 11) is -13.8. The molecule has 0 unspecified atom stereocenters. The molecule has 0 atom stereocenters. The summed E-state index contributed by atoms with van der Waals surface area (Å²) in [5.41, 5.74) is 3.76. The molecule has 0 aromatic carbocycles. The van der Waals surface area contributed by atoms with E-state index in [1.807, 2.05) is 50.2 Å². The van der Waals surface area contributed by atoms with E-state index in [1.54, 1.807) is 24.8 Å². The second kappa shape index (κ2) is 29.2. The van der Waals surface area contributed by atoms with E-state index >= 15 is 0 Å². The quantitative estimate of drug-likeness (QED) is 0.0729. The zero-order chi connectivity index (χ0) is 40.4. The predicted molar refractivity (Wildman–Crippen MR) is 149 cm³/mol. The van der Waals surface area contributed by atoms with Crippen molar-refractivity contribution in [3.63, 3.8) is 0 Å². The van der Waals surface area contributed by atoms with Crippen molar-refractivity contribution < 1.29 is 119 Å². The van der Waals surface area contributed by atoms with Gasteiger partial charge in [-0.2, -0.15) is 20.4 Å². The third-order valence-electron chi connectivity index (χ3n) is 5.20. The summed E-state index contributed by atoms with van der Waals surface area (Å²) in [5, 5.41) is 28.8. The average molecular weight is 859 g/mol. The Balaban J connectivity index is -0.000000533. The van der Waals surface area contributed by atoms with E-state index in [9.17, 15) is 0 Å². The topological polar surface area (TPSA) is 405 Å². The van der Waals surface area contributed by atoms with Gasteiger partial charge in [0.1, 0.15) is 13.1 Å². The van der Waals surface area contributed by atoms with Gasteiger partial charge in [0.15, 0.2) is 0 Å². The number of rotatable bonds is 13. The van der Waals surface area contributed by atoms with Gasteiger partial charge in [0.05, 0.1) is 34.9 Å². The van der Waals surface area contributed by atoms with E-state index < -0.39 is 30.7 Å². The minimum atomic E-state index is -4.94. The fraction of sp³-hybridized carbons (Fsp3) is 0.481. The number of quaternary nitrogens is 2. The maximum Gasteiger partial charge on any atom is 1.00 e. The first-order valence-electron chi connectivity index (χ1n) is 14.1. The molecule has 2 aromatic heterocycles. The first-order chi connectivity index (χ1) is 23.2. The van der Waals surface area contributed by atoms with Crippen molar-refractivity contribution in [3.8, 4) is 0 Å². The van der Waals surface area contributed by atoms with Crippen LogP contribution >= 0.6 is 0 Å². The molecular weight excluding hydrogens is 814 g/mol. The summed E-state index contributed by atoms with van der Waals surface area (Å²) < 4.78 is 102. The number of hydrogen-bond acceptors (Lipinski definition) is 19. The molecule has 0 aliphatic heterocycles. The molecule has 0 radical (unpaired) electrons. The van der Waals surface area contributed by atoms with E-state index in [4.69, 9.17) is 61.0 Å². The van der Waals surface area contributed by atoms with Gasteiger partial charge in [0, 0.05) is 43.8 Å². The molecule has 0 amide bonds. The molecule has 5 N–H and O–H groups in total. The van der Waals surface area contributed by atoms with Crippen LogP contribution in [-0.4, -0.2) is 70.2 Å². The van der Waals surface area contributed by atoms with Crippen LogP contribution in [0.25, 0.3) is 0 Å². The Morgan fingerprint density at radius 1 is 0.615 bits per heavy atom.